The lowest BCUT2D eigenvalue weighted by molar-refractivity contribution is 0.594. The summed E-state index contributed by atoms with van der Waals surface area (Å²) < 4.78 is 26.3. The number of halogens is 1. The van der Waals surface area contributed by atoms with Crippen LogP contribution in [0.4, 0.5) is 5.69 Å². The molecular formula is C14H15ClN2O2S. The molecule has 0 radical (unpaired) electrons. The van der Waals surface area contributed by atoms with E-state index in [9.17, 15) is 8.42 Å². The first kappa shape index (κ1) is 14.8. The molecule has 2 rings (SSSR count). The minimum atomic E-state index is -3.63. The van der Waals surface area contributed by atoms with Crippen molar-refractivity contribution in [3.05, 3.63) is 52.8 Å². The monoisotopic (exact) mass is 310 g/mol. The molecule has 0 bridgehead atoms. The van der Waals surface area contributed by atoms with Gasteiger partial charge in [-0.2, -0.15) is 0 Å². The summed E-state index contributed by atoms with van der Waals surface area (Å²) >= 11 is 5.68. The van der Waals surface area contributed by atoms with Gasteiger partial charge in [-0.15, -0.1) is 0 Å². The molecule has 106 valence electrons. The summed E-state index contributed by atoms with van der Waals surface area (Å²) in [5.74, 6) is 0. The van der Waals surface area contributed by atoms with E-state index in [1.807, 2.05) is 32.0 Å². The highest BCUT2D eigenvalue weighted by Gasteiger charge is 2.21. The minimum Gasteiger partial charge on any atom is -0.269 e. The predicted octanol–water partition coefficient (Wildman–Crippen LogP) is 3.18. The zero-order valence-electron chi connectivity index (χ0n) is 11.5. The Kier molecular flexibility index (Phi) is 4.01. The van der Waals surface area contributed by atoms with Crippen molar-refractivity contribution in [2.45, 2.75) is 18.7 Å². The smallest absolute Gasteiger partial charge is 0.265 e. The van der Waals surface area contributed by atoms with Crippen molar-refractivity contribution < 1.29 is 8.42 Å². The standard InChI is InChI=1S/C14H15ClN2O2S/c1-10-6-11(2)8-12(7-10)17(3)20(18,19)13-4-5-14(15)16-9-13/h4-9H,1-3H3. The van der Waals surface area contributed by atoms with Crippen molar-refractivity contribution >= 4 is 27.3 Å². The Morgan fingerprint density at radius 3 is 2.20 bits per heavy atom. The molecule has 0 aliphatic carbocycles. The molecule has 0 saturated heterocycles. The molecule has 0 amide bonds. The first-order valence-corrected chi connectivity index (χ1v) is 7.81. The molecule has 0 spiro atoms. The molecule has 0 unspecified atom stereocenters. The van der Waals surface area contributed by atoms with Crippen LogP contribution < -0.4 is 4.31 Å². The van der Waals surface area contributed by atoms with E-state index < -0.39 is 10.0 Å². The molecule has 0 N–H and O–H groups in total. The Hall–Kier alpha value is -1.59. The van der Waals surface area contributed by atoms with E-state index in [0.29, 0.717) is 5.69 Å². The summed E-state index contributed by atoms with van der Waals surface area (Å²) in [6.45, 7) is 3.86. The lowest BCUT2D eigenvalue weighted by atomic mass is 10.1. The van der Waals surface area contributed by atoms with Crippen LogP contribution in [0, 0.1) is 13.8 Å². The van der Waals surface area contributed by atoms with E-state index in [1.165, 1.54) is 29.7 Å². The molecule has 1 aromatic heterocycles. The number of benzene rings is 1. The van der Waals surface area contributed by atoms with Gasteiger partial charge in [0.05, 0.1) is 5.69 Å². The SMILES string of the molecule is Cc1cc(C)cc(N(C)S(=O)(=O)c2ccc(Cl)nc2)c1. The average Bonchev–Trinajstić information content (AvgIpc) is 2.37. The maximum atomic E-state index is 12.5. The Balaban J connectivity index is 2.45. The molecule has 4 nitrogen and oxygen atoms in total. The van der Waals surface area contributed by atoms with Gasteiger partial charge in [-0.25, -0.2) is 13.4 Å². The van der Waals surface area contributed by atoms with Gasteiger partial charge in [-0.1, -0.05) is 17.7 Å². The number of nitrogens with zero attached hydrogens (tertiary/aromatic N) is 2. The largest absolute Gasteiger partial charge is 0.269 e. The summed E-state index contributed by atoms with van der Waals surface area (Å²) in [5, 5.41) is 0.262. The van der Waals surface area contributed by atoms with Crippen LogP contribution in [0.15, 0.2) is 41.4 Å². The number of hydrogen-bond acceptors (Lipinski definition) is 3. The van der Waals surface area contributed by atoms with Crippen molar-refractivity contribution in [2.75, 3.05) is 11.4 Å². The molecule has 0 saturated carbocycles. The first-order valence-electron chi connectivity index (χ1n) is 5.99. The number of hydrogen-bond donors (Lipinski definition) is 0. The Morgan fingerprint density at radius 2 is 1.70 bits per heavy atom. The summed E-state index contributed by atoms with van der Waals surface area (Å²) in [6.07, 6.45) is 1.26. The molecule has 0 aliphatic rings. The van der Waals surface area contributed by atoms with Crippen LogP contribution in [0.3, 0.4) is 0 Å². The Labute approximate surface area is 124 Å². The van der Waals surface area contributed by atoms with Gasteiger partial charge in [0, 0.05) is 13.2 Å². The molecule has 6 heteroatoms. The predicted molar refractivity (Wildman–Crippen MR) is 80.8 cm³/mol. The van der Waals surface area contributed by atoms with Crippen molar-refractivity contribution in [3.63, 3.8) is 0 Å². The first-order chi connectivity index (χ1) is 9.30. The van der Waals surface area contributed by atoms with Crippen molar-refractivity contribution in [3.8, 4) is 0 Å². The van der Waals surface area contributed by atoms with E-state index in [-0.39, 0.29) is 10.0 Å². The molecular weight excluding hydrogens is 296 g/mol. The number of aromatic nitrogens is 1. The second kappa shape index (κ2) is 5.42. The quantitative estimate of drug-likeness (QED) is 0.818. The third-order valence-electron chi connectivity index (χ3n) is 2.93. The normalized spacial score (nSPS) is 11.4. The lowest BCUT2D eigenvalue weighted by Gasteiger charge is -2.20. The second-order valence-electron chi connectivity index (χ2n) is 4.64. The molecule has 1 aromatic carbocycles. The topological polar surface area (TPSA) is 50.3 Å². The highest BCUT2D eigenvalue weighted by atomic mass is 35.5. The zero-order chi connectivity index (χ0) is 14.9. The Bertz CT molecular complexity index is 707. The summed E-state index contributed by atoms with van der Waals surface area (Å²) in [4.78, 5) is 3.93. The van der Waals surface area contributed by atoms with Crippen LogP contribution >= 0.6 is 11.6 Å². The van der Waals surface area contributed by atoms with Gasteiger partial charge in [0.25, 0.3) is 10.0 Å². The van der Waals surface area contributed by atoms with E-state index in [1.54, 1.807) is 0 Å². The third kappa shape index (κ3) is 2.94. The molecule has 0 fully saturated rings. The van der Waals surface area contributed by atoms with Crippen molar-refractivity contribution in [2.24, 2.45) is 0 Å². The maximum Gasteiger partial charge on any atom is 0.265 e. The van der Waals surface area contributed by atoms with Gasteiger partial charge in [-0.05, 0) is 49.2 Å². The van der Waals surface area contributed by atoms with Crippen molar-refractivity contribution in [1.29, 1.82) is 0 Å². The van der Waals surface area contributed by atoms with E-state index in [0.717, 1.165) is 11.1 Å². The number of sulfonamides is 1. The fourth-order valence-electron chi connectivity index (χ4n) is 1.94. The van der Waals surface area contributed by atoms with Gasteiger partial charge in [-0.3, -0.25) is 4.31 Å². The van der Waals surface area contributed by atoms with Gasteiger partial charge in [0.1, 0.15) is 10.0 Å². The van der Waals surface area contributed by atoms with Crippen LogP contribution in [-0.2, 0) is 10.0 Å². The van der Waals surface area contributed by atoms with Crippen molar-refractivity contribution in [1.82, 2.24) is 4.98 Å². The summed E-state index contributed by atoms with van der Waals surface area (Å²) in [6, 6.07) is 8.56. The molecule has 2 aromatic rings. The van der Waals surface area contributed by atoms with Crippen LogP contribution in [0.5, 0.6) is 0 Å². The Morgan fingerprint density at radius 1 is 1.10 bits per heavy atom. The number of rotatable bonds is 3. The van der Waals surface area contributed by atoms with Crippen LogP contribution in [0.2, 0.25) is 5.15 Å². The highest BCUT2D eigenvalue weighted by molar-refractivity contribution is 7.92. The minimum absolute atomic E-state index is 0.114. The number of anilines is 1. The molecule has 0 aliphatic heterocycles. The van der Waals surface area contributed by atoms with Gasteiger partial charge in [0.2, 0.25) is 0 Å². The summed E-state index contributed by atoms with van der Waals surface area (Å²) in [5.41, 5.74) is 2.64. The summed E-state index contributed by atoms with van der Waals surface area (Å²) in [7, 11) is -2.10. The van der Waals surface area contributed by atoms with Crippen LogP contribution in [0.1, 0.15) is 11.1 Å². The maximum absolute atomic E-state index is 12.5. The van der Waals surface area contributed by atoms with Gasteiger partial charge >= 0.3 is 0 Å². The van der Waals surface area contributed by atoms with Crippen LogP contribution in [-0.4, -0.2) is 20.4 Å². The van der Waals surface area contributed by atoms with Crippen LogP contribution in [0.25, 0.3) is 0 Å². The van der Waals surface area contributed by atoms with Gasteiger partial charge < -0.3 is 0 Å². The number of pyridine rings is 1. The lowest BCUT2D eigenvalue weighted by Crippen LogP contribution is -2.26. The van der Waals surface area contributed by atoms with E-state index in [4.69, 9.17) is 11.6 Å². The second-order valence-corrected chi connectivity index (χ2v) is 6.99. The zero-order valence-corrected chi connectivity index (χ0v) is 13.0. The number of aryl methyl sites for hydroxylation is 2. The fourth-order valence-corrected chi connectivity index (χ4v) is 3.18. The molecule has 0 atom stereocenters. The fraction of sp³-hybridized carbons (Fsp3) is 0.214. The third-order valence-corrected chi connectivity index (χ3v) is 4.92. The molecule has 20 heavy (non-hydrogen) atoms. The molecule has 1 heterocycles. The van der Waals surface area contributed by atoms with E-state index in [2.05, 4.69) is 4.98 Å². The average molecular weight is 311 g/mol. The highest BCUT2D eigenvalue weighted by Crippen LogP contribution is 2.24. The van der Waals surface area contributed by atoms with Gasteiger partial charge in [0.15, 0.2) is 0 Å². The van der Waals surface area contributed by atoms with E-state index >= 15 is 0 Å².